The van der Waals surface area contributed by atoms with Crippen LogP contribution in [-0.4, -0.2) is 49.7 Å². The van der Waals surface area contributed by atoms with Crippen LogP contribution in [0.15, 0.2) is 0 Å². The van der Waals surface area contributed by atoms with Crippen molar-refractivity contribution in [3.63, 3.8) is 0 Å². The van der Waals surface area contributed by atoms with Crippen molar-refractivity contribution in [3.05, 3.63) is 0 Å². The van der Waals surface area contributed by atoms with Gasteiger partial charge in [0.05, 0.1) is 13.2 Å². The minimum Gasteiger partial charge on any atom is -0.465 e. The van der Waals surface area contributed by atoms with Gasteiger partial charge in [0.1, 0.15) is 0 Å². The fraction of sp³-hybridized carbons (Fsp3) is 0.917. The molecule has 1 aliphatic heterocycles. The number of hydrogen-bond donors (Lipinski definition) is 1. The van der Waals surface area contributed by atoms with Gasteiger partial charge < -0.3 is 15.0 Å². The van der Waals surface area contributed by atoms with E-state index in [1.165, 1.54) is 0 Å². The maximum Gasteiger partial charge on any atom is 0.319 e. The molecule has 0 saturated carbocycles. The standard InChI is InChI=1S/C12H24N2O2/c1-5-16-12(15)7-13-11-6-10(3)14(4)8-9(11)2/h9-11,13H,5-8H2,1-4H3. The molecule has 1 fully saturated rings. The number of likely N-dealkylation sites (tertiary alicyclic amines) is 1. The lowest BCUT2D eigenvalue weighted by atomic mass is 9.90. The van der Waals surface area contributed by atoms with E-state index in [9.17, 15) is 4.79 Å². The van der Waals surface area contributed by atoms with Crippen molar-refractivity contribution < 1.29 is 9.53 Å². The second-order valence-corrected chi connectivity index (χ2v) is 4.79. The molecule has 0 amide bonds. The number of nitrogens with one attached hydrogen (secondary N) is 1. The topological polar surface area (TPSA) is 41.6 Å². The van der Waals surface area contributed by atoms with Crippen molar-refractivity contribution in [1.82, 2.24) is 10.2 Å². The van der Waals surface area contributed by atoms with Gasteiger partial charge in [0.25, 0.3) is 0 Å². The lowest BCUT2D eigenvalue weighted by molar-refractivity contribution is -0.142. The van der Waals surface area contributed by atoms with Gasteiger partial charge in [0.15, 0.2) is 0 Å². The predicted octanol–water partition coefficient (Wildman–Crippen LogP) is 0.868. The average Bonchev–Trinajstić information content (AvgIpc) is 2.22. The quantitative estimate of drug-likeness (QED) is 0.725. The molecule has 1 saturated heterocycles. The first-order valence-corrected chi connectivity index (χ1v) is 6.13. The van der Waals surface area contributed by atoms with Crippen LogP contribution >= 0.6 is 0 Å². The van der Waals surface area contributed by atoms with Gasteiger partial charge in [-0.15, -0.1) is 0 Å². The highest BCUT2D eigenvalue weighted by Crippen LogP contribution is 2.20. The number of nitrogens with zero attached hydrogens (tertiary/aromatic N) is 1. The van der Waals surface area contributed by atoms with E-state index in [1.54, 1.807) is 0 Å². The summed E-state index contributed by atoms with van der Waals surface area (Å²) in [6.07, 6.45) is 1.09. The molecule has 1 heterocycles. The molecule has 3 unspecified atom stereocenters. The number of rotatable bonds is 4. The molecule has 0 aliphatic carbocycles. The van der Waals surface area contributed by atoms with Gasteiger partial charge in [-0.2, -0.15) is 0 Å². The third kappa shape index (κ3) is 3.76. The molecule has 1 N–H and O–H groups in total. The average molecular weight is 228 g/mol. The maximum atomic E-state index is 11.2. The molecule has 0 aromatic rings. The first-order valence-electron chi connectivity index (χ1n) is 6.13. The Labute approximate surface area is 98.3 Å². The summed E-state index contributed by atoms with van der Waals surface area (Å²) < 4.78 is 4.90. The number of carbonyl (C=O) groups excluding carboxylic acids is 1. The van der Waals surface area contributed by atoms with Crippen molar-refractivity contribution in [3.8, 4) is 0 Å². The zero-order valence-corrected chi connectivity index (χ0v) is 10.8. The van der Waals surface area contributed by atoms with Crippen LogP contribution in [0.5, 0.6) is 0 Å². The van der Waals surface area contributed by atoms with Gasteiger partial charge in [-0.3, -0.25) is 4.79 Å². The van der Waals surface area contributed by atoms with E-state index in [0.717, 1.165) is 13.0 Å². The summed E-state index contributed by atoms with van der Waals surface area (Å²) in [5.74, 6) is 0.428. The van der Waals surface area contributed by atoms with Gasteiger partial charge >= 0.3 is 5.97 Å². The maximum absolute atomic E-state index is 11.2. The van der Waals surface area contributed by atoms with E-state index < -0.39 is 0 Å². The number of piperidine rings is 1. The highest BCUT2D eigenvalue weighted by atomic mass is 16.5. The first-order chi connectivity index (χ1) is 7.54. The van der Waals surface area contributed by atoms with Crippen LogP contribution < -0.4 is 5.32 Å². The second kappa shape index (κ2) is 6.21. The summed E-state index contributed by atoms with van der Waals surface area (Å²) in [6, 6.07) is 1.01. The van der Waals surface area contributed by atoms with Crippen molar-refractivity contribution in [2.45, 2.75) is 39.3 Å². The molecule has 4 nitrogen and oxygen atoms in total. The van der Waals surface area contributed by atoms with Crippen molar-refractivity contribution in [2.75, 3.05) is 26.7 Å². The summed E-state index contributed by atoms with van der Waals surface area (Å²) >= 11 is 0. The summed E-state index contributed by atoms with van der Waals surface area (Å²) in [5.41, 5.74) is 0. The van der Waals surface area contributed by atoms with E-state index >= 15 is 0 Å². The molecule has 0 bridgehead atoms. The van der Waals surface area contributed by atoms with E-state index in [1.807, 2.05) is 6.92 Å². The molecule has 1 rings (SSSR count). The van der Waals surface area contributed by atoms with E-state index in [0.29, 0.717) is 31.2 Å². The fourth-order valence-corrected chi connectivity index (χ4v) is 2.25. The largest absolute Gasteiger partial charge is 0.465 e. The Balaban J connectivity index is 2.33. The minimum atomic E-state index is -0.152. The van der Waals surface area contributed by atoms with Crippen LogP contribution in [-0.2, 0) is 9.53 Å². The Morgan fingerprint density at radius 3 is 2.81 bits per heavy atom. The zero-order chi connectivity index (χ0) is 12.1. The highest BCUT2D eigenvalue weighted by Gasteiger charge is 2.28. The molecule has 3 atom stereocenters. The summed E-state index contributed by atoms with van der Waals surface area (Å²) in [4.78, 5) is 13.6. The molecule has 4 heteroatoms. The van der Waals surface area contributed by atoms with Gasteiger partial charge in [-0.05, 0) is 33.2 Å². The van der Waals surface area contributed by atoms with Crippen LogP contribution in [0.4, 0.5) is 0 Å². The molecule has 1 aliphatic rings. The first kappa shape index (κ1) is 13.5. The van der Waals surface area contributed by atoms with Gasteiger partial charge in [0.2, 0.25) is 0 Å². The molecule has 94 valence electrons. The zero-order valence-electron chi connectivity index (χ0n) is 10.8. The summed E-state index contributed by atoms with van der Waals surface area (Å²) in [6.45, 7) is 8.16. The van der Waals surface area contributed by atoms with Crippen LogP contribution in [0, 0.1) is 5.92 Å². The van der Waals surface area contributed by atoms with E-state index in [-0.39, 0.29) is 5.97 Å². The van der Waals surface area contributed by atoms with E-state index in [4.69, 9.17) is 4.74 Å². The Hall–Kier alpha value is -0.610. The lowest BCUT2D eigenvalue weighted by Gasteiger charge is -2.39. The Kier molecular flexibility index (Phi) is 5.22. The van der Waals surface area contributed by atoms with Crippen LogP contribution in [0.2, 0.25) is 0 Å². The van der Waals surface area contributed by atoms with Crippen LogP contribution in [0.25, 0.3) is 0 Å². The third-order valence-electron chi connectivity index (χ3n) is 3.42. The van der Waals surface area contributed by atoms with Crippen LogP contribution in [0.1, 0.15) is 27.2 Å². The molecule has 0 spiro atoms. The number of carbonyl (C=O) groups is 1. The number of esters is 1. The second-order valence-electron chi connectivity index (χ2n) is 4.79. The monoisotopic (exact) mass is 228 g/mol. The normalized spacial score (nSPS) is 31.4. The minimum absolute atomic E-state index is 0.152. The fourth-order valence-electron chi connectivity index (χ4n) is 2.25. The molecular formula is C12H24N2O2. The molecule has 0 aromatic carbocycles. The molecule has 0 aromatic heterocycles. The Morgan fingerprint density at radius 2 is 2.19 bits per heavy atom. The number of hydrogen-bond acceptors (Lipinski definition) is 4. The third-order valence-corrected chi connectivity index (χ3v) is 3.42. The van der Waals surface area contributed by atoms with Crippen molar-refractivity contribution >= 4 is 5.97 Å². The van der Waals surface area contributed by atoms with Gasteiger partial charge in [0, 0.05) is 18.6 Å². The Bertz CT molecular complexity index is 233. The summed E-state index contributed by atoms with van der Waals surface area (Å²) in [5, 5.41) is 3.31. The van der Waals surface area contributed by atoms with Gasteiger partial charge in [-0.25, -0.2) is 0 Å². The van der Waals surface area contributed by atoms with Crippen molar-refractivity contribution in [1.29, 1.82) is 0 Å². The van der Waals surface area contributed by atoms with E-state index in [2.05, 4.69) is 31.1 Å². The van der Waals surface area contributed by atoms with Crippen LogP contribution in [0.3, 0.4) is 0 Å². The summed E-state index contributed by atoms with van der Waals surface area (Å²) in [7, 11) is 2.16. The van der Waals surface area contributed by atoms with Crippen molar-refractivity contribution in [2.24, 2.45) is 5.92 Å². The Morgan fingerprint density at radius 1 is 1.50 bits per heavy atom. The smallest absolute Gasteiger partial charge is 0.319 e. The van der Waals surface area contributed by atoms with Gasteiger partial charge in [-0.1, -0.05) is 6.92 Å². The highest BCUT2D eigenvalue weighted by molar-refractivity contribution is 5.71. The molecular weight excluding hydrogens is 204 g/mol. The predicted molar refractivity (Wildman–Crippen MR) is 64.3 cm³/mol. The molecule has 0 radical (unpaired) electrons. The molecule has 16 heavy (non-hydrogen) atoms. The SMILES string of the molecule is CCOC(=O)CNC1CC(C)N(C)CC1C. The number of ether oxygens (including phenoxy) is 1. The lowest BCUT2D eigenvalue weighted by Crippen LogP contribution is -2.51.